The van der Waals surface area contributed by atoms with Gasteiger partial charge >= 0.3 is 5.97 Å². The molecule has 0 amide bonds. The minimum atomic E-state index is -0.245. The Hall–Kier alpha value is -0.860. The normalized spacial score (nSPS) is 12.2. The van der Waals surface area contributed by atoms with E-state index in [9.17, 15) is 9.59 Å². The SMILES string of the molecule is CC[C@H](C=O)CCC(=O)OC. The van der Waals surface area contributed by atoms with Crippen molar-refractivity contribution in [3.8, 4) is 0 Å². The maximum absolute atomic E-state index is 10.6. The molecule has 0 radical (unpaired) electrons. The third-order valence-corrected chi connectivity index (χ3v) is 1.66. The van der Waals surface area contributed by atoms with E-state index in [-0.39, 0.29) is 11.9 Å². The molecule has 3 heteroatoms. The van der Waals surface area contributed by atoms with Gasteiger partial charge in [-0.15, -0.1) is 0 Å². The molecule has 0 rings (SSSR count). The Bertz CT molecular complexity index is 131. The van der Waals surface area contributed by atoms with Crippen LogP contribution in [0.25, 0.3) is 0 Å². The number of ether oxygens (including phenoxy) is 1. The summed E-state index contributed by atoms with van der Waals surface area (Å²) < 4.78 is 4.43. The zero-order valence-corrected chi connectivity index (χ0v) is 7.00. The highest BCUT2D eigenvalue weighted by Gasteiger charge is 2.07. The van der Waals surface area contributed by atoms with E-state index in [1.807, 2.05) is 6.92 Å². The first kappa shape index (κ1) is 10.1. The van der Waals surface area contributed by atoms with Gasteiger partial charge in [-0.05, 0) is 12.8 Å². The summed E-state index contributed by atoms with van der Waals surface area (Å²) in [7, 11) is 1.35. The van der Waals surface area contributed by atoms with Gasteiger partial charge in [0, 0.05) is 12.3 Å². The Morgan fingerprint density at radius 3 is 2.64 bits per heavy atom. The lowest BCUT2D eigenvalue weighted by molar-refractivity contribution is -0.140. The first-order valence-corrected chi connectivity index (χ1v) is 3.76. The van der Waals surface area contributed by atoms with Crippen LogP contribution in [0, 0.1) is 5.92 Å². The minimum Gasteiger partial charge on any atom is -0.469 e. The fourth-order valence-corrected chi connectivity index (χ4v) is 0.774. The van der Waals surface area contributed by atoms with Gasteiger partial charge in [-0.2, -0.15) is 0 Å². The highest BCUT2D eigenvalue weighted by atomic mass is 16.5. The second kappa shape index (κ2) is 5.89. The van der Waals surface area contributed by atoms with Crippen LogP contribution in [0.15, 0.2) is 0 Å². The zero-order chi connectivity index (χ0) is 8.69. The van der Waals surface area contributed by atoms with E-state index in [0.29, 0.717) is 12.8 Å². The molecule has 0 aromatic heterocycles. The number of esters is 1. The highest BCUT2D eigenvalue weighted by Crippen LogP contribution is 2.07. The van der Waals surface area contributed by atoms with Gasteiger partial charge in [0.25, 0.3) is 0 Å². The Kier molecular flexibility index (Phi) is 5.43. The third kappa shape index (κ3) is 4.53. The van der Waals surface area contributed by atoms with Crippen LogP contribution in [0.1, 0.15) is 26.2 Å². The molecule has 0 N–H and O–H groups in total. The summed E-state index contributed by atoms with van der Waals surface area (Å²) in [5.74, 6) is -0.237. The summed E-state index contributed by atoms with van der Waals surface area (Å²) in [6.07, 6.45) is 2.63. The van der Waals surface area contributed by atoms with Gasteiger partial charge < -0.3 is 9.53 Å². The van der Waals surface area contributed by atoms with E-state index < -0.39 is 0 Å². The second-order valence-corrected chi connectivity index (χ2v) is 2.42. The fourth-order valence-electron chi connectivity index (χ4n) is 0.774. The molecule has 11 heavy (non-hydrogen) atoms. The maximum atomic E-state index is 10.6. The molecular formula is C8H14O3. The Morgan fingerprint density at radius 1 is 1.64 bits per heavy atom. The van der Waals surface area contributed by atoms with Crippen molar-refractivity contribution in [2.75, 3.05) is 7.11 Å². The number of carbonyl (C=O) groups is 2. The van der Waals surface area contributed by atoms with Crippen molar-refractivity contribution in [2.45, 2.75) is 26.2 Å². The van der Waals surface area contributed by atoms with E-state index >= 15 is 0 Å². The van der Waals surface area contributed by atoms with Crippen molar-refractivity contribution in [3.63, 3.8) is 0 Å². The number of rotatable bonds is 5. The van der Waals surface area contributed by atoms with Crippen LogP contribution < -0.4 is 0 Å². The van der Waals surface area contributed by atoms with Gasteiger partial charge in [-0.3, -0.25) is 4.79 Å². The Morgan fingerprint density at radius 2 is 2.27 bits per heavy atom. The van der Waals surface area contributed by atoms with Crippen molar-refractivity contribution < 1.29 is 14.3 Å². The first-order chi connectivity index (χ1) is 5.24. The predicted molar refractivity (Wildman–Crippen MR) is 41.1 cm³/mol. The van der Waals surface area contributed by atoms with E-state index in [1.54, 1.807) is 0 Å². The summed E-state index contributed by atoms with van der Waals surface area (Å²) >= 11 is 0. The number of hydrogen-bond acceptors (Lipinski definition) is 3. The van der Waals surface area contributed by atoms with Crippen molar-refractivity contribution >= 4 is 12.3 Å². The molecule has 0 heterocycles. The van der Waals surface area contributed by atoms with Crippen LogP contribution in [-0.2, 0) is 14.3 Å². The molecule has 0 fully saturated rings. The van der Waals surface area contributed by atoms with E-state index in [2.05, 4.69) is 4.74 Å². The molecule has 0 unspecified atom stereocenters. The van der Waals surface area contributed by atoms with Gasteiger partial charge in [-0.25, -0.2) is 0 Å². The predicted octanol–water partition coefficient (Wildman–Crippen LogP) is 1.16. The molecule has 3 nitrogen and oxygen atoms in total. The number of aldehydes is 1. The van der Waals surface area contributed by atoms with E-state index in [0.717, 1.165) is 12.7 Å². The average Bonchev–Trinajstić information content (AvgIpc) is 2.06. The molecule has 0 aromatic rings. The van der Waals surface area contributed by atoms with Gasteiger partial charge in [0.05, 0.1) is 7.11 Å². The van der Waals surface area contributed by atoms with Gasteiger partial charge in [0.1, 0.15) is 6.29 Å². The molecule has 0 saturated carbocycles. The van der Waals surface area contributed by atoms with Crippen LogP contribution in [-0.4, -0.2) is 19.4 Å². The number of methoxy groups -OCH3 is 1. The summed E-state index contributed by atoms with van der Waals surface area (Å²) in [5, 5.41) is 0. The first-order valence-electron chi connectivity index (χ1n) is 3.76. The average molecular weight is 158 g/mol. The van der Waals surface area contributed by atoms with Crippen LogP contribution in [0.4, 0.5) is 0 Å². The summed E-state index contributed by atoms with van der Waals surface area (Å²) in [6, 6.07) is 0. The molecule has 1 atom stereocenters. The molecule has 0 aliphatic heterocycles. The maximum Gasteiger partial charge on any atom is 0.305 e. The van der Waals surface area contributed by atoms with Crippen molar-refractivity contribution in [2.24, 2.45) is 5.92 Å². The van der Waals surface area contributed by atoms with Crippen LogP contribution in [0.3, 0.4) is 0 Å². The van der Waals surface area contributed by atoms with E-state index in [4.69, 9.17) is 0 Å². The monoisotopic (exact) mass is 158 g/mol. The second-order valence-electron chi connectivity index (χ2n) is 2.42. The van der Waals surface area contributed by atoms with Gasteiger partial charge in [0.2, 0.25) is 0 Å². The van der Waals surface area contributed by atoms with Crippen LogP contribution >= 0.6 is 0 Å². The molecule has 0 saturated heterocycles. The van der Waals surface area contributed by atoms with Crippen molar-refractivity contribution in [1.82, 2.24) is 0 Å². The van der Waals surface area contributed by atoms with Crippen LogP contribution in [0.2, 0.25) is 0 Å². The lowest BCUT2D eigenvalue weighted by Gasteiger charge is -2.04. The molecule has 0 aromatic carbocycles. The quantitative estimate of drug-likeness (QED) is 0.445. The van der Waals surface area contributed by atoms with Gasteiger partial charge in [-0.1, -0.05) is 6.92 Å². The molecule has 64 valence electrons. The molecular weight excluding hydrogens is 144 g/mol. The number of carbonyl (C=O) groups excluding carboxylic acids is 2. The summed E-state index contributed by atoms with van der Waals surface area (Å²) in [4.78, 5) is 20.9. The molecule has 0 aliphatic rings. The lowest BCUT2D eigenvalue weighted by atomic mass is 10.0. The molecule has 0 spiro atoms. The third-order valence-electron chi connectivity index (χ3n) is 1.66. The molecule has 0 bridgehead atoms. The Balaban J connectivity index is 3.50. The minimum absolute atomic E-state index is 0.00843. The zero-order valence-electron chi connectivity index (χ0n) is 7.00. The topological polar surface area (TPSA) is 43.4 Å². The summed E-state index contributed by atoms with van der Waals surface area (Å²) in [5.41, 5.74) is 0. The standard InChI is InChI=1S/C8H14O3/c1-3-7(6-9)4-5-8(10)11-2/h6-7H,3-5H2,1-2H3/t7-/m0/s1. The largest absolute Gasteiger partial charge is 0.469 e. The van der Waals surface area contributed by atoms with E-state index in [1.165, 1.54) is 7.11 Å². The fraction of sp³-hybridized carbons (Fsp3) is 0.750. The Labute approximate surface area is 66.7 Å². The number of hydrogen-bond donors (Lipinski definition) is 0. The lowest BCUT2D eigenvalue weighted by Crippen LogP contribution is -2.06. The van der Waals surface area contributed by atoms with Gasteiger partial charge in [0.15, 0.2) is 0 Å². The smallest absolute Gasteiger partial charge is 0.305 e. The highest BCUT2D eigenvalue weighted by molar-refractivity contribution is 5.69. The van der Waals surface area contributed by atoms with Crippen molar-refractivity contribution in [1.29, 1.82) is 0 Å². The van der Waals surface area contributed by atoms with Crippen LogP contribution in [0.5, 0.6) is 0 Å². The van der Waals surface area contributed by atoms with Crippen molar-refractivity contribution in [3.05, 3.63) is 0 Å². The molecule has 0 aliphatic carbocycles. The summed E-state index contributed by atoms with van der Waals surface area (Å²) in [6.45, 7) is 1.93.